The number of aromatic nitrogens is 1. The Hall–Kier alpha value is -4.17. The van der Waals surface area contributed by atoms with Crippen LogP contribution < -0.4 is 0 Å². The van der Waals surface area contributed by atoms with Crippen molar-refractivity contribution in [2.24, 2.45) is 7.05 Å². The molecule has 0 saturated carbocycles. The van der Waals surface area contributed by atoms with Crippen molar-refractivity contribution in [2.45, 2.75) is 31.7 Å². The fraction of sp³-hybridized carbons (Fsp3) is 0.371. The van der Waals surface area contributed by atoms with Gasteiger partial charge in [-0.1, -0.05) is 54.7 Å². The number of hydrogen-bond acceptors (Lipinski definition) is 4. The summed E-state index contributed by atoms with van der Waals surface area (Å²) in [7, 11) is 5.43. The van der Waals surface area contributed by atoms with Crippen LogP contribution in [0.4, 0.5) is 4.39 Å². The van der Waals surface area contributed by atoms with E-state index in [0.29, 0.717) is 50.5 Å². The van der Waals surface area contributed by atoms with E-state index in [4.69, 9.17) is 4.74 Å². The molecule has 2 heterocycles. The molecule has 0 N–H and O–H groups in total. The van der Waals surface area contributed by atoms with Gasteiger partial charge in [0.25, 0.3) is 5.91 Å². The number of fused-ring (bicyclic) bond motifs is 2. The van der Waals surface area contributed by atoms with Crippen LogP contribution in [0.25, 0.3) is 6.08 Å². The van der Waals surface area contributed by atoms with Crippen LogP contribution in [0, 0.1) is 0 Å². The van der Waals surface area contributed by atoms with E-state index in [1.54, 1.807) is 31.2 Å². The van der Waals surface area contributed by atoms with Crippen molar-refractivity contribution in [3.05, 3.63) is 112 Å². The van der Waals surface area contributed by atoms with Crippen molar-refractivity contribution >= 4 is 17.9 Å². The number of halogens is 1. The minimum absolute atomic E-state index is 0.0757. The van der Waals surface area contributed by atoms with E-state index in [9.17, 15) is 14.0 Å². The highest BCUT2D eigenvalue weighted by Crippen LogP contribution is 2.45. The van der Waals surface area contributed by atoms with E-state index in [1.165, 1.54) is 0 Å². The minimum atomic E-state index is -0.619. The van der Waals surface area contributed by atoms with E-state index in [1.807, 2.05) is 72.3 Å². The number of amides is 2. The van der Waals surface area contributed by atoms with Gasteiger partial charge in [-0.15, -0.1) is 0 Å². The largest absolute Gasteiger partial charge is 0.383 e. The Labute approximate surface area is 253 Å². The average molecular weight is 585 g/mol. The summed E-state index contributed by atoms with van der Waals surface area (Å²) in [6, 6.07) is 6.95. The van der Waals surface area contributed by atoms with Gasteiger partial charge in [-0.25, -0.2) is 4.39 Å². The molecule has 0 radical (unpaired) electrons. The Balaban J connectivity index is 1.54. The second-order valence-corrected chi connectivity index (χ2v) is 11.2. The fourth-order valence-corrected chi connectivity index (χ4v) is 6.40. The Morgan fingerprint density at radius 2 is 1.79 bits per heavy atom. The number of likely N-dealkylation sites (N-methyl/N-ethyl adjacent to an activating group) is 2. The Bertz CT molecular complexity index is 1510. The Kier molecular flexibility index (Phi) is 9.46. The molecule has 8 heteroatoms. The van der Waals surface area contributed by atoms with Crippen LogP contribution in [-0.4, -0.2) is 78.0 Å². The molecule has 1 aliphatic heterocycles. The topological polar surface area (TPSA) is 58.0 Å². The third-order valence-electron chi connectivity index (χ3n) is 8.63. The molecule has 1 aromatic heterocycles. The first-order valence-corrected chi connectivity index (χ1v) is 15.0. The summed E-state index contributed by atoms with van der Waals surface area (Å²) in [4.78, 5) is 34.2. The maximum atomic E-state index is 14.9. The SMILES string of the molecule is CCN(CCN(C)C(=O)C1c2ccccc2C(=O)N(CCOC)C1c1cn(C)c2c1CC=CC=C2)C1=C(F)CC=CC=C1. The number of benzene rings is 1. The van der Waals surface area contributed by atoms with Crippen molar-refractivity contribution in [3.63, 3.8) is 0 Å². The predicted octanol–water partition coefficient (Wildman–Crippen LogP) is 5.56. The first-order valence-electron chi connectivity index (χ1n) is 15.0. The fourth-order valence-electron chi connectivity index (χ4n) is 6.40. The number of rotatable bonds is 10. The molecule has 0 fully saturated rings. The molecular weight excluding hydrogens is 543 g/mol. The number of ether oxygens (including phenoxy) is 1. The maximum absolute atomic E-state index is 14.9. The van der Waals surface area contributed by atoms with Gasteiger partial charge in [0.2, 0.25) is 5.91 Å². The van der Waals surface area contributed by atoms with Gasteiger partial charge >= 0.3 is 0 Å². The zero-order valence-electron chi connectivity index (χ0n) is 25.5. The number of nitrogens with zero attached hydrogens (tertiary/aromatic N) is 4. The monoisotopic (exact) mass is 584 g/mol. The molecule has 2 atom stereocenters. The number of carbonyl (C=O) groups is 2. The molecule has 7 nitrogen and oxygen atoms in total. The quantitative estimate of drug-likeness (QED) is 0.367. The second kappa shape index (κ2) is 13.4. The molecule has 2 aliphatic carbocycles. The summed E-state index contributed by atoms with van der Waals surface area (Å²) in [5, 5.41) is 0. The summed E-state index contributed by atoms with van der Waals surface area (Å²) in [6.45, 7) is 4.19. The summed E-state index contributed by atoms with van der Waals surface area (Å²) < 4.78 is 22.4. The predicted molar refractivity (Wildman–Crippen MR) is 168 cm³/mol. The van der Waals surface area contributed by atoms with E-state index in [0.717, 1.165) is 22.4 Å². The summed E-state index contributed by atoms with van der Waals surface area (Å²) in [5.74, 6) is -0.975. The van der Waals surface area contributed by atoms with Crippen LogP contribution in [0.1, 0.15) is 58.0 Å². The minimum Gasteiger partial charge on any atom is -0.383 e. The highest BCUT2D eigenvalue weighted by Gasteiger charge is 2.46. The van der Waals surface area contributed by atoms with Gasteiger partial charge in [0.1, 0.15) is 5.83 Å². The normalized spacial score (nSPS) is 19.3. The summed E-state index contributed by atoms with van der Waals surface area (Å²) in [6.07, 6.45) is 18.6. The van der Waals surface area contributed by atoms with Crippen LogP contribution in [0.15, 0.2) is 84.5 Å². The molecule has 3 aliphatic rings. The highest BCUT2D eigenvalue weighted by molar-refractivity contribution is 6.01. The number of carbonyl (C=O) groups excluding carboxylic acids is 2. The lowest BCUT2D eigenvalue weighted by Gasteiger charge is -2.43. The molecule has 2 unspecified atom stereocenters. The molecule has 0 saturated heterocycles. The molecule has 1 aromatic carbocycles. The Morgan fingerprint density at radius 3 is 2.56 bits per heavy atom. The van der Waals surface area contributed by atoms with Gasteiger partial charge in [-0.2, -0.15) is 0 Å². The van der Waals surface area contributed by atoms with Crippen LogP contribution in [0.5, 0.6) is 0 Å². The smallest absolute Gasteiger partial charge is 0.254 e. The van der Waals surface area contributed by atoms with Crippen LogP contribution >= 0.6 is 0 Å². The Morgan fingerprint density at radius 1 is 1.05 bits per heavy atom. The lowest BCUT2D eigenvalue weighted by molar-refractivity contribution is -0.133. The molecular formula is C35H41FN4O3. The van der Waals surface area contributed by atoms with Gasteiger partial charge in [-0.05, 0) is 48.3 Å². The first kappa shape index (κ1) is 30.3. The van der Waals surface area contributed by atoms with Crippen molar-refractivity contribution in [1.29, 1.82) is 0 Å². The number of allylic oxidation sites excluding steroid dienone is 8. The lowest BCUT2D eigenvalue weighted by Crippen LogP contribution is -2.49. The third-order valence-corrected chi connectivity index (χ3v) is 8.63. The van der Waals surface area contributed by atoms with Gasteiger partial charge in [0, 0.05) is 71.3 Å². The van der Waals surface area contributed by atoms with Gasteiger partial charge in [0.05, 0.1) is 24.3 Å². The second-order valence-electron chi connectivity index (χ2n) is 11.2. The van der Waals surface area contributed by atoms with Crippen LogP contribution in [0.2, 0.25) is 0 Å². The van der Waals surface area contributed by atoms with Crippen LogP contribution in [0.3, 0.4) is 0 Å². The standard InChI is InChI=1S/C35H41FN4O3/c1-5-39(31-19-11-7-9-17-29(31)36)21-20-37(2)35(42)32-26-15-12-13-16-27(26)34(41)40(22-23-43-4)33(32)28-24-38(3)30-18-10-6-8-14-25(28)30/h6-13,15-16,18-19,24,32-33H,5,14,17,20-23H2,1-4H3. The van der Waals surface area contributed by atoms with E-state index in [2.05, 4.69) is 22.9 Å². The van der Waals surface area contributed by atoms with Crippen molar-refractivity contribution in [3.8, 4) is 0 Å². The van der Waals surface area contributed by atoms with Gasteiger partial charge < -0.3 is 24.0 Å². The molecule has 226 valence electrons. The van der Waals surface area contributed by atoms with Gasteiger partial charge in [-0.3, -0.25) is 9.59 Å². The van der Waals surface area contributed by atoms with E-state index in [-0.39, 0.29) is 24.1 Å². The first-order chi connectivity index (χ1) is 20.9. The number of hydrogen-bond donors (Lipinski definition) is 0. The van der Waals surface area contributed by atoms with Crippen molar-refractivity contribution in [1.82, 2.24) is 19.3 Å². The lowest BCUT2D eigenvalue weighted by atomic mass is 9.78. The van der Waals surface area contributed by atoms with E-state index >= 15 is 0 Å². The number of aryl methyl sites for hydroxylation is 1. The van der Waals surface area contributed by atoms with Crippen molar-refractivity contribution in [2.75, 3.05) is 46.9 Å². The third kappa shape index (κ3) is 6.02. The molecule has 2 aromatic rings. The summed E-state index contributed by atoms with van der Waals surface area (Å²) >= 11 is 0. The molecule has 43 heavy (non-hydrogen) atoms. The van der Waals surface area contributed by atoms with Gasteiger partial charge in [0.15, 0.2) is 0 Å². The molecule has 2 amide bonds. The molecule has 0 bridgehead atoms. The summed E-state index contributed by atoms with van der Waals surface area (Å²) in [5.41, 5.74) is 4.98. The zero-order chi connectivity index (χ0) is 30.5. The molecule has 0 spiro atoms. The maximum Gasteiger partial charge on any atom is 0.254 e. The van der Waals surface area contributed by atoms with Crippen LogP contribution in [-0.2, 0) is 23.0 Å². The average Bonchev–Trinajstić information content (AvgIpc) is 3.20. The highest BCUT2D eigenvalue weighted by atomic mass is 19.1. The molecule has 5 rings (SSSR count). The zero-order valence-corrected chi connectivity index (χ0v) is 25.5. The van der Waals surface area contributed by atoms with Crippen molar-refractivity contribution < 1.29 is 18.7 Å². The number of methoxy groups -OCH3 is 1. The van der Waals surface area contributed by atoms with E-state index < -0.39 is 12.0 Å².